The second kappa shape index (κ2) is 6.30. The first kappa shape index (κ1) is 17.1. The Bertz CT molecular complexity index is 791. The minimum atomic E-state index is -4.51. The summed E-state index contributed by atoms with van der Waals surface area (Å²) in [5.74, 6) is -1.40. The number of hydrogen-bond acceptors (Lipinski definition) is 2. The zero-order chi connectivity index (χ0) is 18.2. The van der Waals surface area contributed by atoms with Crippen LogP contribution in [0.3, 0.4) is 0 Å². The Kier molecular flexibility index (Phi) is 4.32. The fraction of sp³-hybridized carbons (Fsp3) is 0.250. The summed E-state index contributed by atoms with van der Waals surface area (Å²) in [5.41, 5.74) is -0.759. The molecule has 3 rings (SSSR count). The molecule has 0 saturated carbocycles. The van der Waals surface area contributed by atoms with E-state index in [1.54, 1.807) is 0 Å². The highest BCUT2D eigenvalue weighted by Gasteiger charge is 2.33. The minimum Gasteiger partial charge on any atom is -0.318 e. The van der Waals surface area contributed by atoms with Gasteiger partial charge in [0.1, 0.15) is 17.5 Å². The third kappa shape index (κ3) is 3.54. The van der Waals surface area contributed by atoms with E-state index in [1.165, 1.54) is 15.9 Å². The van der Waals surface area contributed by atoms with Gasteiger partial charge in [-0.25, -0.2) is 18.6 Å². The molecule has 25 heavy (non-hydrogen) atoms. The summed E-state index contributed by atoms with van der Waals surface area (Å²) < 4.78 is 64.3. The highest BCUT2D eigenvalue weighted by atomic mass is 19.4. The normalized spacial score (nSPS) is 15.2. The lowest BCUT2D eigenvalue weighted by atomic mass is 10.2. The third-order valence-corrected chi connectivity index (χ3v) is 3.82. The molecule has 1 saturated heterocycles. The van der Waals surface area contributed by atoms with Crippen LogP contribution >= 0.6 is 0 Å². The summed E-state index contributed by atoms with van der Waals surface area (Å²) in [7, 11) is 0. The van der Waals surface area contributed by atoms with E-state index in [1.807, 2.05) is 0 Å². The molecule has 4 nitrogen and oxygen atoms in total. The average molecular weight is 357 g/mol. The van der Waals surface area contributed by atoms with Crippen LogP contribution in [0.15, 0.2) is 36.5 Å². The van der Waals surface area contributed by atoms with Crippen LogP contribution in [0.1, 0.15) is 11.1 Å². The summed E-state index contributed by atoms with van der Waals surface area (Å²) >= 11 is 0. The molecule has 0 unspecified atom stereocenters. The Morgan fingerprint density at radius 2 is 1.84 bits per heavy atom. The van der Waals surface area contributed by atoms with Gasteiger partial charge >= 0.3 is 12.2 Å². The molecule has 9 heteroatoms. The van der Waals surface area contributed by atoms with Crippen LogP contribution in [0.4, 0.5) is 32.6 Å². The summed E-state index contributed by atoms with van der Waals surface area (Å²) in [6.45, 7) is 0.389. The van der Waals surface area contributed by atoms with Crippen molar-refractivity contribution in [3.05, 3.63) is 59.3 Å². The number of amides is 2. The molecular weight excluding hydrogens is 345 g/mol. The van der Waals surface area contributed by atoms with Gasteiger partial charge in [0.25, 0.3) is 0 Å². The Morgan fingerprint density at radius 3 is 2.44 bits per heavy atom. The molecule has 2 heterocycles. The number of benzene rings is 1. The predicted molar refractivity (Wildman–Crippen MR) is 78.7 cm³/mol. The van der Waals surface area contributed by atoms with Gasteiger partial charge in [-0.05, 0) is 18.2 Å². The van der Waals surface area contributed by atoms with E-state index >= 15 is 0 Å². The summed E-state index contributed by atoms with van der Waals surface area (Å²) in [6, 6.07) is 4.52. The minimum absolute atomic E-state index is 0.0674. The lowest BCUT2D eigenvalue weighted by Crippen LogP contribution is -2.32. The molecule has 0 bridgehead atoms. The molecule has 0 radical (unpaired) electrons. The van der Waals surface area contributed by atoms with Crippen molar-refractivity contribution in [1.82, 2.24) is 9.88 Å². The SMILES string of the molecule is O=C1N(Cc2ccc(F)cc2F)CCN1c1ccc(C(F)(F)F)cn1. The molecule has 0 spiro atoms. The van der Waals surface area contributed by atoms with Crippen LogP contribution in [0, 0.1) is 11.6 Å². The molecule has 0 N–H and O–H groups in total. The number of aromatic nitrogens is 1. The van der Waals surface area contributed by atoms with Crippen LogP contribution < -0.4 is 4.90 Å². The Balaban J connectivity index is 1.73. The molecule has 0 aliphatic carbocycles. The van der Waals surface area contributed by atoms with E-state index < -0.39 is 29.4 Å². The van der Waals surface area contributed by atoms with Crippen LogP contribution in [-0.4, -0.2) is 29.0 Å². The zero-order valence-electron chi connectivity index (χ0n) is 12.7. The molecule has 1 fully saturated rings. The number of hydrogen-bond donors (Lipinski definition) is 0. The first-order chi connectivity index (χ1) is 11.8. The summed E-state index contributed by atoms with van der Waals surface area (Å²) in [4.78, 5) is 18.6. The lowest BCUT2D eigenvalue weighted by Gasteiger charge is -2.18. The van der Waals surface area contributed by atoms with E-state index in [-0.39, 0.29) is 31.0 Å². The topological polar surface area (TPSA) is 36.4 Å². The number of rotatable bonds is 3. The summed E-state index contributed by atoms with van der Waals surface area (Å²) in [6.07, 6.45) is -3.85. The fourth-order valence-electron chi connectivity index (χ4n) is 2.51. The van der Waals surface area contributed by atoms with Gasteiger partial charge in [0, 0.05) is 30.9 Å². The van der Waals surface area contributed by atoms with Crippen molar-refractivity contribution in [2.75, 3.05) is 18.0 Å². The fourth-order valence-corrected chi connectivity index (χ4v) is 2.51. The first-order valence-corrected chi connectivity index (χ1v) is 7.29. The quantitative estimate of drug-likeness (QED) is 0.783. The number of anilines is 1. The van der Waals surface area contributed by atoms with Gasteiger partial charge in [-0.1, -0.05) is 6.07 Å². The third-order valence-electron chi connectivity index (χ3n) is 3.82. The monoisotopic (exact) mass is 357 g/mol. The molecule has 1 aromatic heterocycles. The van der Waals surface area contributed by atoms with Crippen molar-refractivity contribution in [3.63, 3.8) is 0 Å². The molecule has 132 valence electrons. The number of carbonyl (C=O) groups excluding carboxylic acids is 1. The van der Waals surface area contributed by atoms with E-state index in [0.717, 1.165) is 24.3 Å². The molecular formula is C16H12F5N3O. The predicted octanol–water partition coefficient (Wildman–Crippen LogP) is 3.82. The van der Waals surface area contributed by atoms with Crippen LogP contribution in [0.2, 0.25) is 0 Å². The molecule has 2 aromatic rings. The van der Waals surface area contributed by atoms with E-state index in [2.05, 4.69) is 4.98 Å². The van der Waals surface area contributed by atoms with Crippen molar-refractivity contribution >= 4 is 11.8 Å². The van der Waals surface area contributed by atoms with E-state index in [0.29, 0.717) is 6.20 Å². The first-order valence-electron chi connectivity index (χ1n) is 7.29. The highest BCUT2D eigenvalue weighted by Crippen LogP contribution is 2.30. The maximum absolute atomic E-state index is 13.7. The maximum Gasteiger partial charge on any atom is 0.417 e. The second-order valence-electron chi connectivity index (χ2n) is 5.49. The van der Waals surface area contributed by atoms with Crippen molar-refractivity contribution in [1.29, 1.82) is 0 Å². The smallest absolute Gasteiger partial charge is 0.318 e. The zero-order valence-corrected chi connectivity index (χ0v) is 12.7. The largest absolute Gasteiger partial charge is 0.417 e. The number of pyridine rings is 1. The lowest BCUT2D eigenvalue weighted by molar-refractivity contribution is -0.137. The van der Waals surface area contributed by atoms with Gasteiger partial charge < -0.3 is 4.90 Å². The molecule has 1 aliphatic rings. The van der Waals surface area contributed by atoms with Gasteiger partial charge in [-0.3, -0.25) is 4.90 Å². The molecule has 0 atom stereocenters. The van der Waals surface area contributed by atoms with E-state index in [9.17, 15) is 26.7 Å². The van der Waals surface area contributed by atoms with Gasteiger partial charge in [-0.2, -0.15) is 13.2 Å². The number of alkyl halides is 3. The summed E-state index contributed by atoms with van der Waals surface area (Å²) in [5, 5.41) is 0. The standard InChI is InChI=1S/C16H12F5N3O/c17-12-3-1-10(13(18)7-12)9-23-5-6-24(15(23)25)14-4-2-11(8-22-14)16(19,20)21/h1-4,7-8H,5-6,9H2. The van der Waals surface area contributed by atoms with Gasteiger partial charge in [-0.15, -0.1) is 0 Å². The number of nitrogens with zero attached hydrogens (tertiary/aromatic N) is 3. The molecule has 1 aliphatic heterocycles. The Morgan fingerprint density at radius 1 is 1.08 bits per heavy atom. The molecule has 2 amide bonds. The van der Waals surface area contributed by atoms with Gasteiger partial charge in [0.15, 0.2) is 0 Å². The van der Waals surface area contributed by atoms with Crippen LogP contribution in [-0.2, 0) is 12.7 Å². The Hall–Kier alpha value is -2.71. The number of carbonyl (C=O) groups is 1. The van der Waals surface area contributed by atoms with E-state index in [4.69, 9.17) is 0 Å². The maximum atomic E-state index is 13.7. The van der Waals surface area contributed by atoms with Crippen molar-refractivity contribution in [3.8, 4) is 0 Å². The van der Waals surface area contributed by atoms with Gasteiger partial charge in [0.2, 0.25) is 0 Å². The van der Waals surface area contributed by atoms with Gasteiger partial charge in [0.05, 0.1) is 12.1 Å². The van der Waals surface area contributed by atoms with Crippen molar-refractivity contribution in [2.45, 2.75) is 12.7 Å². The molecule has 1 aromatic carbocycles. The second-order valence-corrected chi connectivity index (χ2v) is 5.49. The number of halogens is 5. The Labute approximate surface area is 139 Å². The number of urea groups is 1. The van der Waals surface area contributed by atoms with Crippen LogP contribution in [0.5, 0.6) is 0 Å². The van der Waals surface area contributed by atoms with Crippen LogP contribution in [0.25, 0.3) is 0 Å². The average Bonchev–Trinajstić information content (AvgIpc) is 2.90. The van der Waals surface area contributed by atoms with Crippen molar-refractivity contribution in [2.24, 2.45) is 0 Å². The van der Waals surface area contributed by atoms with Crippen molar-refractivity contribution < 1.29 is 26.7 Å². The highest BCUT2D eigenvalue weighted by molar-refractivity contribution is 5.93.